The number of carbonyl (C=O) groups excluding carboxylic acids is 1. The van der Waals surface area contributed by atoms with Gasteiger partial charge >= 0.3 is 12.0 Å². The highest BCUT2D eigenvalue weighted by Crippen LogP contribution is 2.40. The number of urea groups is 1. The van der Waals surface area contributed by atoms with Gasteiger partial charge in [0.15, 0.2) is 0 Å². The van der Waals surface area contributed by atoms with Gasteiger partial charge in [-0.3, -0.25) is 0 Å². The number of aliphatic carboxylic acids is 1. The summed E-state index contributed by atoms with van der Waals surface area (Å²) in [6.45, 7) is 2.84. The van der Waals surface area contributed by atoms with E-state index >= 15 is 0 Å². The van der Waals surface area contributed by atoms with Crippen molar-refractivity contribution < 1.29 is 14.7 Å². The molecule has 1 N–H and O–H groups in total. The number of hydrogen-bond acceptors (Lipinski definition) is 2. The molecule has 1 saturated carbocycles. The topological polar surface area (TPSA) is 60.9 Å². The lowest BCUT2D eigenvalue weighted by molar-refractivity contribution is -0.141. The summed E-state index contributed by atoms with van der Waals surface area (Å²) in [5.41, 5.74) is 0. The molecule has 2 aliphatic heterocycles. The molecule has 112 valence electrons. The van der Waals surface area contributed by atoms with Gasteiger partial charge in [-0.2, -0.15) is 0 Å². The highest BCUT2D eigenvalue weighted by atomic mass is 16.4. The Labute approximate surface area is 119 Å². The van der Waals surface area contributed by atoms with Crippen LogP contribution in [-0.2, 0) is 4.79 Å². The Balaban J connectivity index is 1.83. The van der Waals surface area contributed by atoms with Crippen molar-refractivity contribution in [3.8, 4) is 0 Å². The van der Waals surface area contributed by atoms with Gasteiger partial charge in [-0.05, 0) is 44.9 Å². The van der Waals surface area contributed by atoms with Crippen molar-refractivity contribution in [3.05, 3.63) is 0 Å². The number of fused-ring (bicyclic) bond motifs is 1. The molecule has 0 radical (unpaired) electrons. The van der Waals surface area contributed by atoms with Crippen molar-refractivity contribution in [3.63, 3.8) is 0 Å². The number of carboxylic acids is 1. The summed E-state index contributed by atoms with van der Waals surface area (Å²) in [5, 5.41) is 9.48. The molecule has 0 aromatic heterocycles. The number of hydrogen-bond donors (Lipinski definition) is 1. The van der Waals surface area contributed by atoms with E-state index in [-0.39, 0.29) is 18.1 Å². The summed E-state index contributed by atoms with van der Waals surface area (Å²) in [6.07, 6.45) is 7.06. The number of likely N-dealkylation sites (tertiary alicyclic amines) is 2. The standard InChI is InChI=1S/C15H24N2O3/c1-10-5-4-8-16(10)15(20)17-12-7-3-2-6-11(12)9-13(17)14(18)19/h10-13H,2-9H2,1H3,(H,18,19). The zero-order valence-electron chi connectivity index (χ0n) is 12.1. The van der Waals surface area contributed by atoms with Gasteiger partial charge in [0.2, 0.25) is 0 Å². The van der Waals surface area contributed by atoms with Gasteiger partial charge < -0.3 is 14.9 Å². The third kappa shape index (κ3) is 2.17. The summed E-state index contributed by atoms with van der Waals surface area (Å²) in [5.74, 6) is -0.439. The molecule has 2 heterocycles. The van der Waals surface area contributed by atoms with Crippen LogP contribution in [0.2, 0.25) is 0 Å². The van der Waals surface area contributed by atoms with E-state index in [1.807, 2.05) is 4.90 Å². The predicted octanol–water partition coefficient (Wildman–Crippen LogP) is 2.31. The SMILES string of the molecule is CC1CCCN1C(=O)N1C(C(=O)O)CC2CCCCC21. The van der Waals surface area contributed by atoms with Crippen LogP contribution in [0.3, 0.4) is 0 Å². The minimum absolute atomic E-state index is 0.0307. The van der Waals surface area contributed by atoms with E-state index in [0.717, 1.165) is 38.6 Å². The molecular formula is C15H24N2O3. The largest absolute Gasteiger partial charge is 0.480 e. The molecule has 0 aromatic carbocycles. The maximum Gasteiger partial charge on any atom is 0.326 e. The quantitative estimate of drug-likeness (QED) is 0.801. The lowest BCUT2D eigenvalue weighted by atomic mass is 9.85. The Morgan fingerprint density at radius 3 is 2.50 bits per heavy atom. The highest BCUT2D eigenvalue weighted by Gasteiger charge is 2.49. The maximum absolute atomic E-state index is 12.8. The maximum atomic E-state index is 12.8. The van der Waals surface area contributed by atoms with Crippen LogP contribution in [0, 0.1) is 5.92 Å². The molecule has 4 unspecified atom stereocenters. The molecule has 1 aliphatic carbocycles. The van der Waals surface area contributed by atoms with Crippen LogP contribution in [0.25, 0.3) is 0 Å². The fraction of sp³-hybridized carbons (Fsp3) is 0.867. The van der Waals surface area contributed by atoms with Crippen LogP contribution in [0.1, 0.15) is 51.9 Å². The van der Waals surface area contributed by atoms with Gasteiger partial charge in [0.25, 0.3) is 0 Å². The molecule has 3 rings (SSSR count). The molecule has 0 spiro atoms. The summed E-state index contributed by atoms with van der Waals surface area (Å²) in [4.78, 5) is 28.0. The Morgan fingerprint density at radius 2 is 1.85 bits per heavy atom. The number of rotatable bonds is 1. The van der Waals surface area contributed by atoms with E-state index in [9.17, 15) is 14.7 Å². The Morgan fingerprint density at radius 1 is 1.10 bits per heavy atom. The zero-order valence-corrected chi connectivity index (χ0v) is 12.1. The Bertz CT molecular complexity index is 412. The minimum Gasteiger partial charge on any atom is -0.480 e. The van der Waals surface area contributed by atoms with Gasteiger partial charge in [-0.1, -0.05) is 12.8 Å². The van der Waals surface area contributed by atoms with Crippen molar-refractivity contribution in [2.75, 3.05) is 6.54 Å². The molecule has 4 atom stereocenters. The van der Waals surface area contributed by atoms with Crippen LogP contribution < -0.4 is 0 Å². The average molecular weight is 280 g/mol. The second kappa shape index (κ2) is 5.26. The van der Waals surface area contributed by atoms with E-state index in [4.69, 9.17) is 0 Å². The molecule has 2 saturated heterocycles. The predicted molar refractivity (Wildman–Crippen MR) is 74.4 cm³/mol. The van der Waals surface area contributed by atoms with E-state index in [0.29, 0.717) is 12.3 Å². The molecule has 5 heteroatoms. The summed E-state index contributed by atoms with van der Waals surface area (Å²) < 4.78 is 0. The van der Waals surface area contributed by atoms with Gasteiger partial charge in [0.1, 0.15) is 6.04 Å². The summed E-state index contributed by atoms with van der Waals surface area (Å²) >= 11 is 0. The molecule has 3 aliphatic rings. The van der Waals surface area contributed by atoms with E-state index in [1.54, 1.807) is 4.90 Å². The molecule has 0 bridgehead atoms. The van der Waals surface area contributed by atoms with E-state index in [2.05, 4.69) is 6.92 Å². The third-order valence-corrected chi connectivity index (χ3v) is 5.39. The smallest absolute Gasteiger partial charge is 0.326 e. The Kier molecular flexibility index (Phi) is 3.61. The fourth-order valence-corrected chi connectivity index (χ4v) is 4.32. The highest BCUT2D eigenvalue weighted by molar-refractivity contribution is 5.84. The van der Waals surface area contributed by atoms with Gasteiger partial charge in [-0.15, -0.1) is 0 Å². The Hall–Kier alpha value is -1.26. The van der Waals surface area contributed by atoms with Gasteiger partial charge in [0.05, 0.1) is 0 Å². The number of nitrogens with zero attached hydrogens (tertiary/aromatic N) is 2. The van der Waals surface area contributed by atoms with Crippen molar-refractivity contribution in [2.45, 2.75) is 70.0 Å². The third-order valence-electron chi connectivity index (χ3n) is 5.39. The first-order valence-corrected chi connectivity index (χ1v) is 7.91. The van der Waals surface area contributed by atoms with Crippen molar-refractivity contribution in [1.82, 2.24) is 9.80 Å². The van der Waals surface area contributed by atoms with Crippen molar-refractivity contribution in [1.29, 1.82) is 0 Å². The second-order valence-corrected chi connectivity index (χ2v) is 6.58. The first-order valence-electron chi connectivity index (χ1n) is 7.91. The molecule has 20 heavy (non-hydrogen) atoms. The monoisotopic (exact) mass is 280 g/mol. The summed E-state index contributed by atoms with van der Waals surface area (Å²) in [6, 6.07) is -0.232. The zero-order chi connectivity index (χ0) is 14.3. The van der Waals surface area contributed by atoms with E-state index < -0.39 is 12.0 Å². The average Bonchev–Trinajstić information content (AvgIpc) is 3.01. The number of carbonyl (C=O) groups is 2. The van der Waals surface area contributed by atoms with E-state index in [1.165, 1.54) is 6.42 Å². The van der Waals surface area contributed by atoms with Crippen LogP contribution in [0.4, 0.5) is 4.79 Å². The van der Waals surface area contributed by atoms with Crippen molar-refractivity contribution in [2.24, 2.45) is 5.92 Å². The molecule has 3 fully saturated rings. The number of carboxylic acid groups (broad SMARTS) is 1. The fourth-order valence-electron chi connectivity index (χ4n) is 4.32. The molecule has 2 amide bonds. The lowest BCUT2D eigenvalue weighted by Crippen LogP contribution is -2.52. The number of amides is 2. The first kappa shape index (κ1) is 13.7. The van der Waals surface area contributed by atoms with Crippen LogP contribution >= 0.6 is 0 Å². The molecule has 0 aromatic rings. The molecular weight excluding hydrogens is 256 g/mol. The first-order chi connectivity index (χ1) is 9.59. The van der Waals surface area contributed by atoms with Crippen LogP contribution in [0.15, 0.2) is 0 Å². The van der Waals surface area contributed by atoms with Crippen LogP contribution in [0.5, 0.6) is 0 Å². The lowest BCUT2D eigenvalue weighted by Gasteiger charge is -2.36. The molecule has 5 nitrogen and oxygen atoms in total. The van der Waals surface area contributed by atoms with Gasteiger partial charge in [-0.25, -0.2) is 9.59 Å². The van der Waals surface area contributed by atoms with Gasteiger partial charge in [0, 0.05) is 18.6 Å². The minimum atomic E-state index is -0.834. The normalized spacial score (nSPS) is 37.0. The summed E-state index contributed by atoms with van der Waals surface area (Å²) in [7, 11) is 0. The van der Waals surface area contributed by atoms with Crippen molar-refractivity contribution >= 4 is 12.0 Å². The van der Waals surface area contributed by atoms with Crippen LogP contribution in [-0.4, -0.2) is 51.6 Å². The second-order valence-electron chi connectivity index (χ2n) is 6.58.